The van der Waals surface area contributed by atoms with Gasteiger partial charge in [0.25, 0.3) is 0 Å². The molecule has 0 N–H and O–H groups in total. The molecule has 0 spiro atoms. The predicted octanol–water partition coefficient (Wildman–Crippen LogP) is 1.77. The third-order valence-electron chi connectivity index (χ3n) is 1.78. The average Bonchev–Trinajstić information content (AvgIpc) is 2.17. The van der Waals surface area contributed by atoms with E-state index in [-0.39, 0.29) is 0 Å². The molecule has 0 saturated carbocycles. The largest absolute Gasteiger partial charge is 0.363 e. The smallest absolute Gasteiger partial charge is 0.126 e. The van der Waals surface area contributed by atoms with Gasteiger partial charge in [0, 0.05) is 12.7 Å². The summed E-state index contributed by atoms with van der Waals surface area (Å²) in [6, 6.07) is 6.02. The van der Waals surface area contributed by atoms with Crippen LogP contribution in [-0.2, 0) is 0 Å². The monoisotopic (exact) mass is 188 g/mol. The molecule has 0 atom stereocenters. The van der Waals surface area contributed by atoms with E-state index in [0.29, 0.717) is 17.8 Å². The summed E-state index contributed by atoms with van der Waals surface area (Å²) in [6.07, 6.45) is 5.12. The number of nitriles is 1. The standard InChI is InChI=1S/C11H9FN2/c1-3-4-14(2)11-6-9(8-13)5-10(12)7-11/h1,5-7H,4H2,2H3. The van der Waals surface area contributed by atoms with Gasteiger partial charge in [0.15, 0.2) is 0 Å². The fourth-order valence-corrected chi connectivity index (χ4v) is 1.09. The van der Waals surface area contributed by atoms with Gasteiger partial charge >= 0.3 is 0 Å². The van der Waals surface area contributed by atoms with Crippen LogP contribution in [0.5, 0.6) is 0 Å². The highest BCUT2D eigenvalue weighted by Gasteiger charge is 2.03. The van der Waals surface area contributed by atoms with E-state index in [1.807, 2.05) is 6.07 Å². The molecule has 3 heteroatoms. The van der Waals surface area contributed by atoms with E-state index >= 15 is 0 Å². The molecule has 1 rings (SSSR count). The molecule has 0 aliphatic carbocycles. The Bertz CT molecular complexity index is 412. The zero-order valence-corrected chi connectivity index (χ0v) is 7.79. The van der Waals surface area contributed by atoms with E-state index in [1.165, 1.54) is 12.1 Å². The van der Waals surface area contributed by atoms with Crippen molar-refractivity contribution < 1.29 is 4.39 Å². The van der Waals surface area contributed by atoms with Crippen molar-refractivity contribution >= 4 is 5.69 Å². The first-order valence-electron chi connectivity index (χ1n) is 4.02. The van der Waals surface area contributed by atoms with E-state index in [2.05, 4.69) is 5.92 Å². The summed E-state index contributed by atoms with van der Waals surface area (Å²) in [7, 11) is 1.75. The lowest BCUT2D eigenvalue weighted by molar-refractivity contribution is 0.627. The van der Waals surface area contributed by atoms with E-state index in [0.717, 1.165) is 0 Å². The summed E-state index contributed by atoms with van der Waals surface area (Å²) in [5.74, 6) is 2.02. The number of hydrogen-bond donors (Lipinski definition) is 0. The molecule has 2 nitrogen and oxygen atoms in total. The van der Waals surface area contributed by atoms with Crippen molar-refractivity contribution in [3.05, 3.63) is 29.6 Å². The van der Waals surface area contributed by atoms with E-state index < -0.39 is 5.82 Å². The lowest BCUT2D eigenvalue weighted by Crippen LogP contribution is -2.17. The molecule has 0 bridgehead atoms. The maximum atomic E-state index is 13.0. The van der Waals surface area contributed by atoms with Gasteiger partial charge in [-0.2, -0.15) is 5.26 Å². The molecule has 1 aromatic rings. The first kappa shape index (κ1) is 10.1. The van der Waals surface area contributed by atoms with Crippen LogP contribution in [0.3, 0.4) is 0 Å². The highest BCUT2D eigenvalue weighted by Crippen LogP contribution is 2.16. The zero-order chi connectivity index (χ0) is 10.6. The van der Waals surface area contributed by atoms with Crippen LogP contribution in [0.2, 0.25) is 0 Å². The molecule has 0 saturated heterocycles. The maximum Gasteiger partial charge on any atom is 0.126 e. The number of benzene rings is 1. The van der Waals surface area contributed by atoms with Crippen molar-refractivity contribution in [2.75, 3.05) is 18.5 Å². The molecule has 0 radical (unpaired) electrons. The summed E-state index contributed by atoms with van der Waals surface area (Å²) in [4.78, 5) is 1.70. The molecular formula is C11H9FN2. The molecule has 0 aliphatic rings. The highest BCUT2D eigenvalue weighted by molar-refractivity contribution is 5.52. The SMILES string of the molecule is C#CCN(C)c1cc(F)cc(C#N)c1. The van der Waals surface area contributed by atoms with Crippen LogP contribution in [-0.4, -0.2) is 13.6 Å². The maximum absolute atomic E-state index is 13.0. The Balaban J connectivity index is 3.05. The molecule has 0 aromatic heterocycles. The third kappa shape index (κ3) is 2.24. The van der Waals surface area contributed by atoms with Gasteiger partial charge in [-0.15, -0.1) is 6.42 Å². The Morgan fingerprint density at radius 1 is 1.50 bits per heavy atom. The molecular weight excluding hydrogens is 179 g/mol. The molecule has 14 heavy (non-hydrogen) atoms. The topological polar surface area (TPSA) is 27.0 Å². The summed E-state index contributed by atoms with van der Waals surface area (Å²) >= 11 is 0. The molecule has 0 aliphatic heterocycles. The Morgan fingerprint density at radius 3 is 2.79 bits per heavy atom. The van der Waals surface area contributed by atoms with E-state index in [4.69, 9.17) is 11.7 Å². The lowest BCUT2D eigenvalue weighted by atomic mass is 10.2. The Morgan fingerprint density at radius 2 is 2.21 bits per heavy atom. The number of nitrogens with zero attached hydrogens (tertiary/aromatic N) is 2. The van der Waals surface area contributed by atoms with Crippen molar-refractivity contribution in [1.29, 1.82) is 5.26 Å². The average molecular weight is 188 g/mol. The van der Waals surface area contributed by atoms with Crippen LogP contribution in [0, 0.1) is 29.5 Å². The predicted molar refractivity (Wildman–Crippen MR) is 53.2 cm³/mol. The lowest BCUT2D eigenvalue weighted by Gasteiger charge is -2.16. The van der Waals surface area contributed by atoms with Crippen LogP contribution in [0.4, 0.5) is 10.1 Å². The van der Waals surface area contributed by atoms with Crippen LogP contribution < -0.4 is 4.90 Å². The third-order valence-corrected chi connectivity index (χ3v) is 1.78. The Labute approximate surface area is 82.6 Å². The van der Waals surface area contributed by atoms with Gasteiger partial charge in [0.1, 0.15) is 5.82 Å². The molecule has 0 amide bonds. The van der Waals surface area contributed by atoms with Gasteiger partial charge < -0.3 is 4.90 Å². The van der Waals surface area contributed by atoms with Crippen molar-refractivity contribution in [1.82, 2.24) is 0 Å². The number of halogens is 1. The summed E-state index contributed by atoms with van der Waals surface area (Å²) in [5, 5.41) is 8.62. The normalized spacial score (nSPS) is 8.86. The molecule has 0 unspecified atom stereocenters. The van der Waals surface area contributed by atoms with Gasteiger partial charge in [0.05, 0.1) is 18.2 Å². The molecule has 70 valence electrons. The summed E-state index contributed by atoms with van der Waals surface area (Å²) in [6.45, 7) is 0.383. The number of terminal acetylenes is 1. The minimum atomic E-state index is -0.428. The Hall–Kier alpha value is -2.00. The van der Waals surface area contributed by atoms with Crippen LogP contribution >= 0.6 is 0 Å². The first-order valence-corrected chi connectivity index (χ1v) is 4.02. The zero-order valence-electron chi connectivity index (χ0n) is 7.79. The van der Waals surface area contributed by atoms with Crippen LogP contribution in [0.15, 0.2) is 18.2 Å². The van der Waals surface area contributed by atoms with Crippen LogP contribution in [0.1, 0.15) is 5.56 Å². The van der Waals surface area contributed by atoms with Gasteiger partial charge in [-0.05, 0) is 18.2 Å². The second-order valence-electron chi connectivity index (χ2n) is 2.87. The molecule has 1 aromatic carbocycles. The minimum absolute atomic E-state index is 0.295. The minimum Gasteiger partial charge on any atom is -0.363 e. The Kier molecular flexibility index (Phi) is 3.09. The number of anilines is 1. The highest BCUT2D eigenvalue weighted by atomic mass is 19.1. The van der Waals surface area contributed by atoms with E-state index in [1.54, 1.807) is 18.0 Å². The fourth-order valence-electron chi connectivity index (χ4n) is 1.09. The first-order chi connectivity index (χ1) is 6.67. The second kappa shape index (κ2) is 4.30. The second-order valence-corrected chi connectivity index (χ2v) is 2.87. The number of hydrogen-bond acceptors (Lipinski definition) is 2. The van der Waals surface area contributed by atoms with Crippen molar-refractivity contribution in [3.63, 3.8) is 0 Å². The van der Waals surface area contributed by atoms with Gasteiger partial charge in [-0.1, -0.05) is 5.92 Å². The van der Waals surface area contributed by atoms with Crippen molar-refractivity contribution in [3.8, 4) is 18.4 Å². The van der Waals surface area contributed by atoms with Gasteiger partial charge in [-0.25, -0.2) is 4.39 Å². The van der Waals surface area contributed by atoms with Gasteiger partial charge in [-0.3, -0.25) is 0 Å². The van der Waals surface area contributed by atoms with Crippen molar-refractivity contribution in [2.45, 2.75) is 0 Å². The molecule has 0 heterocycles. The number of rotatable bonds is 2. The summed E-state index contributed by atoms with van der Waals surface area (Å²) in [5.41, 5.74) is 0.906. The fraction of sp³-hybridized carbons (Fsp3) is 0.182. The molecule has 0 fully saturated rings. The quantitative estimate of drug-likeness (QED) is 0.661. The van der Waals surface area contributed by atoms with E-state index in [9.17, 15) is 4.39 Å². The van der Waals surface area contributed by atoms with Gasteiger partial charge in [0.2, 0.25) is 0 Å². The van der Waals surface area contributed by atoms with Crippen LogP contribution in [0.25, 0.3) is 0 Å². The van der Waals surface area contributed by atoms with Crippen molar-refractivity contribution in [2.24, 2.45) is 0 Å². The summed E-state index contributed by atoms with van der Waals surface area (Å²) < 4.78 is 13.0.